The highest BCUT2D eigenvalue weighted by Gasteiger charge is 2.56. The monoisotopic (exact) mass is 325 g/mol. The predicted octanol–water partition coefficient (Wildman–Crippen LogP) is 6.30. The fourth-order valence-corrected chi connectivity index (χ4v) is 8.68. The fraction of sp³-hybridized carbons (Fsp3) is 0.667. The summed E-state index contributed by atoms with van der Waals surface area (Å²) in [5.41, 5.74) is 0. The highest BCUT2D eigenvalue weighted by atomic mass is 32.2. The summed E-state index contributed by atoms with van der Waals surface area (Å²) in [5, 5.41) is 0.286. The third kappa shape index (κ3) is 4.13. The average molecular weight is 326 g/mol. The summed E-state index contributed by atoms with van der Waals surface area (Å²) >= 11 is 1.83. The van der Waals surface area contributed by atoms with Crippen molar-refractivity contribution in [3.05, 3.63) is 24.3 Å². The summed E-state index contributed by atoms with van der Waals surface area (Å²) in [6.45, 7) is 18.9. The molecule has 21 heavy (non-hydrogen) atoms. The van der Waals surface area contributed by atoms with Crippen molar-refractivity contribution in [2.24, 2.45) is 0 Å². The number of hydrogen-bond donors (Lipinski definition) is 0. The molecule has 0 aliphatic rings. The van der Waals surface area contributed by atoms with Gasteiger partial charge in [0.1, 0.15) is 0 Å². The summed E-state index contributed by atoms with van der Waals surface area (Å²) in [6, 6.07) is 8.22. The predicted molar refractivity (Wildman–Crippen MR) is 98.0 cm³/mol. The second-order valence-corrected chi connectivity index (χ2v) is 15.7. The van der Waals surface area contributed by atoms with Crippen molar-refractivity contribution in [1.82, 2.24) is 0 Å². The quantitative estimate of drug-likeness (QED) is 0.349. The molecule has 0 aliphatic carbocycles. The molecule has 1 aromatic rings. The first-order valence-electron chi connectivity index (χ1n) is 7.67. The molecule has 0 heterocycles. The molecule has 0 atom stereocenters. The zero-order valence-electron chi connectivity index (χ0n) is 15.1. The van der Waals surface area contributed by atoms with Gasteiger partial charge in [-0.15, -0.1) is 11.8 Å². The van der Waals surface area contributed by atoms with E-state index < -0.39 is 8.41 Å². The third-order valence-electron chi connectivity index (χ3n) is 3.74. The standard InChI is InChI=1S/C18H31FSSi/c1-16(2,3)20-14-10-12-15(13-11-14)21(19,17(4,5)6)18(7,8)9/h10-13H,1-9H3/i19-1. The molecule has 1 rings (SSSR count). The minimum Gasteiger partial charge on any atom is -0.307 e. The lowest BCUT2D eigenvalue weighted by atomic mass is 10.2. The normalized spacial score (nSPS) is 14.4. The topological polar surface area (TPSA) is 0 Å². The number of halogens is 1. The van der Waals surface area contributed by atoms with Gasteiger partial charge in [0.2, 0.25) is 0 Å². The fourth-order valence-electron chi connectivity index (χ4n) is 3.10. The van der Waals surface area contributed by atoms with E-state index in [9.17, 15) is 0 Å². The Morgan fingerprint density at radius 3 is 1.43 bits per heavy atom. The van der Waals surface area contributed by atoms with Crippen LogP contribution in [-0.2, 0) is 0 Å². The lowest BCUT2D eigenvalue weighted by Crippen LogP contribution is -2.57. The van der Waals surface area contributed by atoms with Crippen LogP contribution in [-0.4, -0.2) is 13.2 Å². The van der Waals surface area contributed by atoms with E-state index >= 15 is 4.11 Å². The molecule has 0 amide bonds. The molecule has 0 N–H and O–H groups in total. The summed E-state index contributed by atoms with van der Waals surface area (Å²) < 4.78 is 16.3. The smallest absolute Gasteiger partial charge is 0.288 e. The van der Waals surface area contributed by atoms with Gasteiger partial charge < -0.3 is 4.11 Å². The van der Waals surface area contributed by atoms with E-state index in [0.717, 1.165) is 5.19 Å². The second kappa shape index (κ2) is 5.73. The number of thioether (sulfide) groups is 1. The third-order valence-corrected chi connectivity index (χ3v) is 10.1. The van der Waals surface area contributed by atoms with Crippen molar-refractivity contribution < 1.29 is 4.11 Å². The summed E-state index contributed by atoms with van der Waals surface area (Å²) in [4.78, 5) is 1.21. The van der Waals surface area contributed by atoms with Crippen LogP contribution >= 0.6 is 11.8 Å². The van der Waals surface area contributed by atoms with Crippen LogP contribution in [0.3, 0.4) is 0 Å². The molecule has 0 nitrogen and oxygen atoms in total. The van der Waals surface area contributed by atoms with Crippen molar-refractivity contribution in [2.45, 2.75) is 82.0 Å². The van der Waals surface area contributed by atoms with Gasteiger partial charge in [-0.3, -0.25) is 0 Å². The first-order chi connectivity index (χ1) is 9.18. The van der Waals surface area contributed by atoms with E-state index in [-0.39, 0.29) is 14.8 Å². The molecule has 0 saturated carbocycles. The van der Waals surface area contributed by atoms with Gasteiger partial charge in [-0.25, -0.2) is 0 Å². The Hall–Kier alpha value is -0.283. The van der Waals surface area contributed by atoms with E-state index in [1.54, 1.807) is 0 Å². The number of benzene rings is 1. The Bertz CT molecular complexity index is 458. The zero-order chi connectivity index (χ0) is 16.7. The molecule has 0 bridgehead atoms. The first-order valence-corrected chi connectivity index (χ1v) is 10.4. The SMILES string of the molecule is CC(C)(C)Sc1ccc([Si]([18F])(C(C)(C)C)C(C)(C)C)cc1. The van der Waals surface area contributed by atoms with Crippen LogP contribution in [0.1, 0.15) is 62.3 Å². The van der Waals surface area contributed by atoms with Crippen LogP contribution in [0, 0.1) is 0 Å². The molecular weight excluding hydrogens is 294 g/mol. The molecule has 0 radical (unpaired) electrons. The molecule has 120 valence electrons. The van der Waals surface area contributed by atoms with Crippen molar-refractivity contribution in [3.8, 4) is 0 Å². The molecule has 0 unspecified atom stereocenters. The van der Waals surface area contributed by atoms with E-state index in [1.165, 1.54) is 4.90 Å². The number of rotatable bonds is 2. The van der Waals surface area contributed by atoms with Gasteiger partial charge in [-0.2, -0.15) is 0 Å². The lowest BCUT2D eigenvalue weighted by Gasteiger charge is -2.45. The Morgan fingerprint density at radius 2 is 1.14 bits per heavy atom. The molecular formula is C18H31FSSi. The van der Waals surface area contributed by atoms with Crippen molar-refractivity contribution in [2.75, 3.05) is 0 Å². The maximum absolute atomic E-state index is 16.1. The second-order valence-electron chi connectivity index (χ2n) is 8.90. The average Bonchev–Trinajstić information content (AvgIpc) is 2.23. The van der Waals surface area contributed by atoms with Gasteiger partial charge in [-0.1, -0.05) is 74.4 Å². The Labute approximate surface area is 136 Å². The molecule has 0 aliphatic heterocycles. The lowest BCUT2D eigenvalue weighted by molar-refractivity contribution is 0.535. The zero-order valence-corrected chi connectivity index (χ0v) is 16.9. The molecule has 0 spiro atoms. The minimum absolute atomic E-state index is 0.180. The number of hydrogen-bond acceptors (Lipinski definition) is 1. The van der Waals surface area contributed by atoms with Crippen LogP contribution < -0.4 is 5.19 Å². The van der Waals surface area contributed by atoms with Crippen molar-refractivity contribution >= 4 is 25.4 Å². The Morgan fingerprint density at radius 1 is 0.762 bits per heavy atom. The largest absolute Gasteiger partial charge is 0.307 e. The van der Waals surface area contributed by atoms with E-state index in [0.29, 0.717) is 0 Å². The van der Waals surface area contributed by atoms with Gasteiger partial charge in [0.05, 0.1) is 0 Å². The highest BCUT2D eigenvalue weighted by Crippen LogP contribution is 2.51. The van der Waals surface area contributed by atoms with Crippen LogP contribution in [0.2, 0.25) is 10.1 Å². The van der Waals surface area contributed by atoms with Crippen molar-refractivity contribution in [3.63, 3.8) is 0 Å². The first kappa shape index (κ1) is 18.8. The molecule has 3 heteroatoms. The van der Waals surface area contributed by atoms with Gasteiger partial charge in [-0.05, 0) is 27.4 Å². The molecule has 0 aromatic heterocycles. The summed E-state index contributed by atoms with van der Waals surface area (Å²) in [7, 11) is -3.12. The Balaban J connectivity index is 3.24. The maximum atomic E-state index is 16.1. The van der Waals surface area contributed by atoms with Crippen molar-refractivity contribution in [1.29, 1.82) is 0 Å². The van der Waals surface area contributed by atoms with E-state index in [4.69, 9.17) is 0 Å². The highest BCUT2D eigenvalue weighted by molar-refractivity contribution is 8.00. The van der Waals surface area contributed by atoms with Gasteiger partial charge >= 0.3 is 0 Å². The van der Waals surface area contributed by atoms with Gasteiger partial charge in [0.15, 0.2) is 0 Å². The summed E-state index contributed by atoms with van der Waals surface area (Å²) in [6.07, 6.45) is 0. The van der Waals surface area contributed by atoms with E-state index in [1.807, 2.05) is 65.4 Å². The summed E-state index contributed by atoms with van der Waals surface area (Å²) in [5.74, 6) is 0. The minimum atomic E-state index is -3.12. The van der Waals surface area contributed by atoms with Gasteiger partial charge in [0.25, 0.3) is 8.41 Å². The molecule has 0 fully saturated rings. The van der Waals surface area contributed by atoms with Crippen LogP contribution in [0.4, 0.5) is 4.11 Å². The van der Waals surface area contributed by atoms with Crippen LogP contribution in [0.25, 0.3) is 0 Å². The Kier molecular flexibility index (Phi) is 5.12. The van der Waals surface area contributed by atoms with E-state index in [2.05, 4.69) is 32.9 Å². The molecule has 0 saturated heterocycles. The molecule has 1 aromatic carbocycles. The van der Waals surface area contributed by atoms with Crippen LogP contribution in [0.15, 0.2) is 29.2 Å². The maximum Gasteiger partial charge on any atom is 0.288 e. The van der Waals surface area contributed by atoms with Crippen LogP contribution in [0.5, 0.6) is 0 Å². The van der Waals surface area contributed by atoms with Gasteiger partial charge in [0, 0.05) is 9.64 Å².